The largest absolute Gasteiger partial charge is 0.497 e. The fourth-order valence-electron chi connectivity index (χ4n) is 2.24. The first kappa shape index (κ1) is 17.0. The van der Waals surface area contributed by atoms with Crippen molar-refractivity contribution in [3.63, 3.8) is 0 Å². The summed E-state index contributed by atoms with van der Waals surface area (Å²) in [6.45, 7) is 2.56. The Balaban J connectivity index is 1.67. The fraction of sp³-hybridized carbons (Fsp3) is 0.167. The Labute approximate surface area is 151 Å². The summed E-state index contributed by atoms with van der Waals surface area (Å²) in [4.78, 5) is 4.42. The predicted octanol–water partition coefficient (Wildman–Crippen LogP) is 4.20. The highest BCUT2D eigenvalue weighted by molar-refractivity contribution is 6.31. The van der Waals surface area contributed by atoms with Crippen LogP contribution in [0.2, 0.25) is 5.02 Å². The minimum Gasteiger partial charge on any atom is -0.497 e. The van der Waals surface area contributed by atoms with Gasteiger partial charge in [0.05, 0.1) is 13.3 Å². The third-order valence-corrected chi connectivity index (χ3v) is 4.12. The van der Waals surface area contributed by atoms with Crippen LogP contribution in [0.4, 0.5) is 17.5 Å². The van der Waals surface area contributed by atoms with Gasteiger partial charge in [-0.3, -0.25) is 0 Å². The molecule has 0 atom stereocenters. The zero-order valence-corrected chi connectivity index (χ0v) is 14.7. The zero-order chi connectivity index (χ0) is 17.6. The fourth-order valence-corrected chi connectivity index (χ4v) is 2.42. The highest BCUT2D eigenvalue weighted by Gasteiger charge is 2.06. The van der Waals surface area contributed by atoms with Gasteiger partial charge in [0, 0.05) is 17.3 Å². The second-order valence-electron chi connectivity index (χ2n) is 5.40. The second kappa shape index (κ2) is 7.81. The maximum atomic E-state index is 6.13. The number of nitrogens with one attached hydrogen (secondary N) is 2. The van der Waals surface area contributed by atoms with Crippen LogP contribution in [0.15, 0.2) is 48.7 Å². The van der Waals surface area contributed by atoms with Crippen molar-refractivity contribution < 1.29 is 4.74 Å². The molecule has 6 nitrogen and oxygen atoms in total. The molecular formula is C18H18ClN5O. The minimum absolute atomic E-state index is 0.407. The van der Waals surface area contributed by atoms with Gasteiger partial charge in [-0.25, -0.2) is 0 Å². The molecule has 2 N–H and O–H groups in total. The quantitative estimate of drug-likeness (QED) is 0.690. The van der Waals surface area contributed by atoms with Crippen molar-refractivity contribution in [2.24, 2.45) is 0 Å². The van der Waals surface area contributed by atoms with Crippen LogP contribution in [0.25, 0.3) is 0 Å². The Morgan fingerprint density at radius 3 is 2.68 bits per heavy atom. The van der Waals surface area contributed by atoms with E-state index < -0.39 is 0 Å². The topological polar surface area (TPSA) is 72.0 Å². The molecule has 0 amide bonds. The smallest absolute Gasteiger partial charge is 0.249 e. The van der Waals surface area contributed by atoms with Crippen molar-refractivity contribution in [1.29, 1.82) is 0 Å². The number of halogens is 1. The van der Waals surface area contributed by atoms with Gasteiger partial charge in [-0.1, -0.05) is 29.8 Å². The molecule has 0 saturated carbocycles. The van der Waals surface area contributed by atoms with Crippen molar-refractivity contribution in [3.8, 4) is 5.75 Å². The first-order valence-corrected chi connectivity index (χ1v) is 8.12. The number of nitrogens with zero attached hydrogens (tertiary/aromatic N) is 3. The van der Waals surface area contributed by atoms with Crippen LogP contribution >= 0.6 is 11.6 Å². The number of benzene rings is 2. The molecule has 1 heterocycles. The molecule has 0 spiro atoms. The number of ether oxygens (including phenoxy) is 1. The molecule has 3 aromatic rings. The second-order valence-corrected chi connectivity index (χ2v) is 5.81. The number of hydrogen-bond acceptors (Lipinski definition) is 6. The van der Waals surface area contributed by atoms with E-state index in [0.29, 0.717) is 23.3 Å². The van der Waals surface area contributed by atoms with Crippen molar-refractivity contribution in [3.05, 3.63) is 64.8 Å². The van der Waals surface area contributed by atoms with Gasteiger partial charge >= 0.3 is 0 Å². The van der Waals surface area contributed by atoms with Crippen LogP contribution in [0.3, 0.4) is 0 Å². The standard InChI is InChI=1S/C18H18ClN5O/c1-12-15(19)4-3-5-16(12)22-18-23-17(11-21-24-18)20-10-13-6-8-14(25-2)9-7-13/h3-9,11H,10H2,1-2H3,(H2,20,22,23,24). The molecular weight excluding hydrogens is 338 g/mol. The van der Waals surface area contributed by atoms with Crippen molar-refractivity contribution in [2.45, 2.75) is 13.5 Å². The molecule has 7 heteroatoms. The van der Waals surface area contributed by atoms with E-state index in [9.17, 15) is 0 Å². The molecule has 25 heavy (non-hydrogen) atoms. The van der Waals surface area contributed by atoms with E-state index in [1.54, 1.807) is 13.3 Å². The van der Waals surface area contributed by atoms with Crippen molar-refractivity contribution >= 4 is 29.1 Å². The maximum Gasteiger partial charge on any atom is 0.249 e. The minimum atomic E-state index is 0.407. The average molecular weight is 356 g/mol. The van der Waals surface area contributed by atoms with Crippen LogP contribution in [0.5, 0.6) is 5.75 Å². The van der Waals surface area contributed by atoms with E-state index in [4.69, 9.17) is 16.3 Å². The van der Waals surface area contributed by atoms with Gasteiger partial charge in [0.15, 0.2) is 5.82 Å². The third-order valence-electron chi connectivity index (χ3n) is 3.71. The van der Waals surface area contributed by atoms with Gasteiger partial charge in [0.2, 0.25) is 5.95 Å². The van der Waals surface area contributed by atoms with Crippen LogP contribution < -0.4 is 15.4 Å². The van der Waals surface area contributed by atoms with Gasteiger partial charge in [-0.15, -0.1) is 5.10 Å². The van der Waals surface area contributed by atoms with E-state index in [1.165, 1.54) is 0 Å². The molecule has 0 aliphatic rings. The number of anilines is 3. The molecule has 0 aliphatic heterocycles. The monoisotopic (exact) mass is 355 g/mol. The Morgan fingerprint density at radius 2 is 1.92 bits per heavy atom. The Morgan fingerprint density at radius 1 is 1.12 bits per heavy atom. The molecule has 0 unspecified atom stereocenters. The summed E-state index contributed by atoms with van der Waals surface area (Å²) in [5.74, 6) is 1.87. The normalized spacial score (nSPS) is 10.4. The van der Waals surface area contributed by atoms with E-state index in [2.05, 4.69) is 25.8 Å². The summed E-state index contributed by atoms with van der Waals surface area (Å²) < 4.78 is 5.15. The zero-order valence-electron chi connectivity index (χ0n) is 14.0. The number of hydrogen-bond donors (Lipinski definition) is 2. The van der Waals surface area contributed by atoms with E-state index in [-0.39, 0.29) is 0 Å². The lowest BCUT2D eigenvalue weighted by Crippen LogP contribution is -2.06. The molecule has 2 aromatic carbocycles. The van der Waals surface area contributed by atoms with E-state index in [1.807, 2.05) is 49.4 Å². The van der Waals surface area contributed by atoms with Crippen LogP contribution in [-0.4, -0.2) is 22.3 Å². The Hall–Kier alpha value is -2.86. The lowest BCUT2D eigenvalue weighted by Gasteiger charge is -2.10. The Bertz CT molecular complexity index is 854. The van der Waals surface area contributed by atoms with Gasteiger partial charge in [-0.2, -0.15) is 10.1 Å². The summed E-state index contributed by atoms with van der Waals surface area (Å²) in [5.41, 5.74) is 2.89. The SMILES string of the molecule is COc1ccc(CNc2cnnc(Nc3cccc(Cl)c3C)n2)cc1. The van der Waals surface area contributed by atoms with Gasteiger partial charge in [0.25, 0.3) is 0 Å². The molecule has 0 radical (unpaired) electrons. The molecule has 1 aromatic heterocycles. The number of aromatic nitrogens is 3. The molecule has 0 fully saturated rings. The first-order chi connectivity index (χ1) is 12.2. The van der Waals surface area contributed by atoms with Crippen LogP contribution in [0.1, 0.15) is 11.1 Å². The highest BCUT2D eigenvalue weighted by atomic mass is 35.5. The summed E-state index contributed by atoms with van der Waals surface area (Å²) in [5, 5.41) is 15.1. The summed E-state index contributed by atoms with van der Waals surface area (Å²) in [7, 11) is 1.65. The van der Waals surface area contributed by atoms with Crippen LogP contribution in [0, 0.1) is 6.92 Å². The van der Waals surface area contributed by atoms with Crippen molar-refractivity contribution in [1.82, 2.24) is 15.2 Å². The number of rotatable bonds is 6. The highest BCUT2D eigenvalue weighted by Crippen LogP contribution is 2.25. The molecule has 0 saturated heterocycles. The Kier molecular flexibility index (Phi) is 5.30. The van der Waals surface area contributed by atoms with E-state index in [0.717, 1.165) is 22.6 Å². The van der Waals surface area contributed by atoms with E-state index >= 15 is 0 Å². The summed E-state index contributed by atoms with van der Waals surface area (Å²) in [6.07, 6.45) is 1.58. The van der Waals surface area contributed by atoms with Crippen LogP contribution in [-0.2, 0) is 6.54 Å². The molecule has 0 bridgehead atoms. The third kappa shape index (κ3) is 4.36. The summed E-state index contributed by atoms with van der Waals surface area (Å²) >= 11 is 6.13. The van der Waals surface area contributed by atoms with Gasteiger partial charge in [0.1, 0.15) is 5.75 Å². The van der Waals surface area contributed by atoms with Crippen molar-refractivity contribution in [2.75, 3.05) is 17.7 Å². The lowest BCUT2D eigenvalue weighted by molar-refractivity contribution is 0.414. The van der Waals surface area contributed by atoms with Gasteiger partial charge < -0.3 is 15.4 Å². The average Bonchev–Trinajstić information content (AvgIpc) is 2.64. The maximum absolute atomic E-state index is 6.13. The first-order valence-electron chi connectivity index (χ1n) is 7.74. The summed E-state index contributed by atoms with van der Waals surface area (Å²) in [6, 6.07) is 13.5. The predicted molar refractivity (Wildman–Crippen MR) is 99.6 cm³/mol. The lowest BCUT2D eigenvalue weighted by atomic mass is 10.2. The molecule has 3 rings (SSSR count). The molecule has 128 valence electrons. The van der Waals surface area contributed by atoms with Gasteiger partial charge in [-0.05, 0) is 42.3 Å². The number of methoxy groups -OCH3 is 1. The molecule has 0 aliphatic carbocycles.